The van der Waals surface area contributed by atoms with E-state index in [0.29, 0.717) is 12.1 Å². The van der Waals surface area contributed by atoms with Gasteiger partial charge in [-0.15, -0.1) is 6.58 Å². The number of hydrogen-bond acceptors (Lipinski definition) is 4. The molecule has 0 radical (unpaired) electrons. The predicted molar refractivity (Wildman–Crippen MR) is 108 cm³/mol. The molecule has 6 nitrogen and oxygen atoms in total. The molecule has 1 amide bonds. The van der Waals surface area contributed by atoms with Gasteiger partial charge in [-0.1, -0.05) is 24.3 Å². The molecule has 144 valence electrons. The smallest absolute Gasteiger partial charge is 0.251 e. The van der Waals surface area contributed by atoms with Crippen molar-refractivity contribution in [3.05, 3.63) is 72.8 Å². The number of carbonyl (C=O) groups excluding carboxylic acids is 1. The van der Waals surface area contributed by atoms with Crippen LogP contribution in [0.15, 0.2) is 72.1 Å². The standard InChI is InChI=1S/C20H25N3O3S/c1-4-14-22-27(25,26)19-12-10-17(11-13-19)20(24)21-15-16(2)23(3)18-8-6-5-7-9-18/h4-13,16,22H,1,14-15H2,2-3H3,(H,21,24). The molecule has 2 N–H and O–H groups in total. The Morgan fingerprint density at radius 2 is 1.78 bits per heavy atom. The zero-order chi connectivity index (χ0) is 19.9. The molecule has 1 atom stereocenters. The molecule has 0 saturated heterocycles. The maximum Gasteiger partial charge on any atom is 0.251 e. The van der Waals surface area contributed by atoms with Crippen LogP contribution in [-0.4, -0.2) is 40.5 Å². The van der Waals surface area contributed by atoms with E-state index in [4.69, 9.17) is 0 Å². The quantitative estimate of drug-likeness (QED) is 0.648. The Balaban J connectivity index is 1.95. The van der Waals surface area contributed by atoms with Crippen LogP contribution in [0.1, 0.15) is 17.3 Å². The van der Waals surface area contributed by atoms with Gasteiger partial charge >= 0.3 is 0 Å². The molecule has 2 aromatic carbocycles. The lowest BCUT2D eigenvalue weighted by Crippen LogP contribution is -2.40. The van der Waals surface area contributed by atoms with Gasteiger partial charge in [-0.2, -0.15) is 0 Å². The van der Waals surface area contributed by atoms with Crippen LogP contribution >= 0.6 is 0 Å². The molecular formula is C20H25N3O3S. The highest BCUT2D eigenvalue weighted by atomic mass is 32.2. The van der Waals surface area contributed by atoms with E-state index in [1.54, 1.807) is 0 Å². The second-order valence-electron chi connectivity index (χ2n) is 6.17. The Bertz CT molecular complexity index is 865. The van der Waals surface area contributed by atoms with E-state index in [-0.39, 0.29) is 23.4 Å². The number of likely N-dealkylation sites (N-methyl/N-ethyl adjacent to an activating group) is 1. The van der Waals surface area contributed by atoms with Gasteiger partial charge in [0, 0.05) is 37.4 Å². The molecular weight excluding hydrogens is 362 g/mol. The molecule has 0 saturated carbocycles. The number of benzene rings is 2. The Morgan fingerprint density at radius 3 is 2.37 bits per heavy atom. The largest absolute Gasteiger partial charge is 0.370 e. The number of amides is 1. The number of sulfonamides is 1. The Labute approximate surface area is 161 Å². The minimum Gasteiger partial charge on any atom is -0.370 e. The lowest BCUT2D eigenvalue weighted by Gasteiger charge is -2.27. The van der Waals surface area contributed by atoms with Crippen molar-refractivity contribution in [1.82, 2.24) is 10.0 Å². The van der Waals surface area contributed by atoms with E-state index in [1.165, 1.54) is 30.3 Å². The van der Waals surface area contributed by atoms with Crippen LogP contribution in [0.25, 0.3) is 0 Å². The fraction of sp³-hybridized carbons (Fsp3) is 0.250. The van der Waals surface area contributed by atoms with Gasteiger partial charge in [0.2, 0.25) is 10.0 Å². The zero-order valence-electron chi connectivity index (χ0n) is 15.6. The first-order chi connectivity index (χ1) is 12.8. The van der Waals surface area contributed by atoms with Crippen LogP contribution < -0.4 is 14.9 Å². The molecule has 0 bridgehead atoms. The summed E-state index contributed by atoms with van der Waals surface area (Å²) in [6.45, 7) is 6.11. The van der Waals surface area contributed by atoms with Crippen LogP contribution in [0.3, 0.4) is 0 Å². The van der Waals surface area contributed by atoms with Crippen LogP contribution in [0.5, 0.6) is 0 Å². The number of nitrogens with zero attached hydrogens (tertiary/aromatic N) is 1. The summed E-state index contributed by atoms with van der Waals surface area (Å²) in [6.07, 6.45) is 1.47. The van der Waals surface area contributed by atoms with Gasteiger partial charge in [-0.3, -0.25) is 4.79 Å². The average Bonchev–Trinajstić information content (AvgIpc) is 2.70. The minimum absolute atomic E-state index is 0.0964. The van der Waals surface area contributed by atoms with Crippen LogP contribution in [-0.2, 0) is 10.0 Å². The summed E-state index contributed by atoms with van der Waals surface area (Å²) in [5, 5.41) is 2.88. The van der Waals surface area contributed by atoms with Gasteiger partial charge in [-0.05, 0) is 43.3 Å². The second-order valence-corrected chi connectivity index (χ2v) is 7.94. The van der Waals surface area contributed by atoms with E-state index in [2.05, 4.69) is 21.5 Å². The summed E-state index contributed by atoms with van der Waals surface area (Å²) in [7, 11) is -1.62. The number of carbonyl (C=O) groups is 1. The minimum atomic E-state index is -3.59. The number of rotatable bonds is 9. The van der Waals surface area contributed by atoms with Gasteiger partial charge in [-0.25, -0.2) is 13.1 Å². The molecule has 1 unspecified atom stereocenters. The number of nitrogens with one attached hydrogen (secondary N) is 2. The van der Waals surface area contributed by atoms with E-state index in [9.17, 15) is 13.2 Å². The molecule has 0 fully saturated rings. The fourth-order valence-corrected chi connectivity index (χ4v) is 3.43. The van der Waals surface area contributed by atoms with Crippen LogP contribution in [0, 0.1) is 0 Å². The van der Waals surface area contributed by atoms with Crippen LogP contribution in [0.2, 0.25) is 0 Å². The van der Waals surface area contributed by atoms with Crippen molar-refractivity contribution in [1.29, 1.82) is 0 Å². The average molecular weight is 388 g/mol. The maximum atomic E-state index is 12.3. The first-order valence-electron chi connectivity index (χ1n) is 8.62. The summed E-state index contributed by atoms with van der Waals surface area (Å²) < 4.78 is 26.5. The van der Waals surface area contributed by atoms with Crippen molar-refractivity contribution in [2.75, 3.05) is 25.0 Å². The normalized spacial score (nSPS) is 12.2. The van der Waals surface area contributed by atoms with Gasteiger partial charge in [0.1, 0.15) is 0 Å². The van der Waals surface area contributed by atoms with E-state index >= 15 is 0 Å². The van der Waals surface area contributed by atoms with Gasteiger partial charge in [0.25, 0.3) is 5.91 Å². The molecule has 27 heavy (non-hydrogen) atoms. The Hall–Kier alpha value is -2.64. The summed E-state index contributed by atoms with van der Waals surface area (Å²) >= 11 is 0. The van der Waals surface area contributed by atoms with E-state index < -0.39 is 10.0 Å². The summed E-state index contributed by atoms with van der Waals surface area (Å²) in [5.74, 6) is -0.244. The van der Waals surface area contributed by atoms with Crippen molar-refractivity contribution < 1.29 is 13.2 Å². The monoisotopic (exact) mass is 387 g/mol. The van der Waals surface area contributed by atoms with E-state index in [1.807, 2.05) is 44.3 Å². The molecule has 0 aromatic heterocycles. The zero-order valence-corrected chi connectivity index (χ0v) is 16.4. The first-order valence-corrected chi connectivity index (χ1v) is 10.1. The third-order valence-corrected chi connectivity index (χ3v) is 5.67. The lowest BCUT2D eigenvalue weighted by molar-refractivity contribution is 0.0951. The lowest BCUT2D eigenvalue weighted by atomic mass is 10.2. The third-order valence-electron chi connectivity index (χ3n) is 4.23. The van der Waals surface area contributed by atoms with Gasteiger partial charge < -0.3 is 10.2 Å². The highest BCUT2D eigenvalue weighted by Crippen LogP contribution is 2.14. The molecule has 7 heteroatoms. The highest BCUT2D eigenvalue weighted by molar-refractivity contribution is 7.89. The summed E-state index contributed by atoms with van der Waals surface area (Å²) in [5.41, 5.74) is 1.48. The Kier molecular flexibility index (Phi) is 7.15. The van der Waals surface area contributed by atoms with Crippen molar-refractivity contribution >= 4 is 21.6 Å². The number of para-hydroxylation sites is 1. The van der Waals surface area contributed by atoms with Crippen molar-refractivity contribution in [3.8, 4) is 0 Å². The number of hydrogen-bond donors (Lipinski definition) is 2. The molecule has 2 aromatic rings. The first kappa shape index (κ1) is 20.7. The third kappa shape index (κ3) is 5.67. The number of anilines is 1. The second kappa shape index (κ2) is 9.34. The SMILES string of the molecule is C=CCNS(=O)(=O)c1ccc(C(=O)NCC(C)N(C)c2ccccc2)cc1. The van der Waals surface area contributed by atoms with Crippen molar-refractivity contribution in [3.63, 3.8) is 0 Å². The van der Waals surface area contributed by atoms with E-state index in [0.717, 1.165) is 5.69 Å². The summed E-state index contributed by atoms with van der Waals surface area (Å²) in [6, 6.07) is 15.9. The fourth-order valence-electron chi connectivity index (χ4n) is 2.43. The Morgan fingerprint density at radius 1 is 1.15 bits per heavy atom. The van der Waals surface area contributed by atoms with Crippen LogP contribution in [0.4, 0.5) is 5.69 Å². The predicted octanol–water partition coefficient (Wildman–Crippen LogP) is 2.41. The topological polar surface area (TPSA) is 78.5 Å². The van der Waals surface area contributed by atoms with Gasteiger partial charge in [0.05, 0.1) is 4.90 Å². The molecule has 0 spiro atoms. The van der Waals surface area contributed by atoms with Crippen molar-refractivity contribution in [2.24, 2.45) is 0 Å². The molecule has 0 aliphatic rings. The highest BCUT2D eigenvalue weighted by Gasteiger charge is 2.15. The molecule has 2 rings (SSSR count). The molecule has 0 aliphatic heterocycles. The molecule has 0 aliphatic carbocycles. The maximum absolute atomic E-state index is 12.3. The summed E-state index contributed by atoms with van der Waals surface area (Å²) in [4.78, 5) is 14.5. The van der Waals surface area contributed by atoms with Crippen molar-refractivity contribution in [2.45, 2.75) is 17.9 Å². The van der Waals surface area contributed by atoms with Gasteiger partial charge in [0.15, 0.2) is 0 Å². The molecule has 0 heterocycles.